The molecule has 1 unspecified atom stereocenters. The predicted molar refractivity (Wildman–Crippen MR) is 151 cm³/mol. The molecule has 1 heterocycles. The van der Waals surface area contributed by atoms with E-state index in [1.807, 2.05) is 13.8 Å². The third-order valence-corrected chi connectivity index (χ3v) is 7.28. The van der Waals surface area contributed by atoms with Crippen LogP contribution in [-0.4, -0.2) is 19.8 Å². The minimum Gasteiger partial charge on any atom is -0.493 e. The molecule has 1 aliphatic rings. The molecule has 44 heavy (non-hydrogen) atoms. The summed E-state index contributed by atoms with van der Waals surface area (Å²) in [5.74, 6) is -9.15. The number of alkyl halides is 2. The van der Waals surface area contributed by atoms with E-state index in [1.165, 1.54) is 0 Å². The molecule has 0 saturated carbocycles. The van der Waals surface area contributed by atoms with Crippen LogP contribution in [0.2, 0.25) is 0 Å². The van der Waals surface area contributed by atoms with Gasteiger partial charge >= 0.3 is 6.11 Å². The van der Waals surface area contributed by atoms with E-state index in [4.69, 9.17) is 14.2 Å². The minimum absolute atomic E-state index is 0.144. The van der Waals surface area contributed by atoms with Gasteiger partial charge in [0.2, 0.25) is 0 Å². The summed E-state index contributed by atoms with van der Waals surface area (Å²) in [5, 5.41) is 0. The van der Waals surface area contributed by atoms with Gasteiger partial charge in [-0.25, -0.2) is 22.0 Å². The second-order valence-electron chi connectivity index (χ2n) is 10.8. The topological polar surface area (TPSA) is 36.9 Å². The van der Waals surface area contributed by atoms with Gasteiger partial charge in [-0.1, -0.05) is 27.2 Å². The van der Waals surface area contributed by atoms with Crippen molar-refractivity contribution < 1.29 is 49.7 Å². The summed E-state index contributed by atoms with van der Waals surface area (Å²) in [5.41, 5.74) is -1.02. The summed E-state index contributed by atoms with van der Waals surface area (Å²) < 4.78 is 123. The van der Waals surface area contributed by atoms with Crippen LogP contribution in [0.15, 0.2) is 36.4 Å². The maximum Gasteiger partial charge on any atom is 0.432 e. The summed E-state index contributed by atoms with van der Waals surface area (Å²) in [7, 11) is 0. The van der Waals surface area contributed by atoms with Crippen LogP contribution >= 0.6 is 0 Å². The first kappa shape index (κ1) is 33.4. The Hall–Kier alpha value is -3.47. The van der Waals surface area contributed by atoms with Gasteiger partial charge < -0.3 is 18.9 Å². The highest BCUT2D eigenvalue weighted by molar-refractivity contribution is 5.78. The van der Waals surface area contributed by atoms with Crippen molar-refractivity contribution in [2.24, 2.45) is 5.92 Å². The summed E-state index contributed by atoms with van der Waals surface area (Å²) in [6.45, 7) is 7.00. The van der Waals surface area contributed by atoms with E-state index in [9.17, 15) is 22.0 Å². The Balaban J connectivity index is 1.75. The number of ether oxygens (including phenoxy) is 4. The second kappa shape index (κ2) is 14.5. The van der Waals surface area contributed by atoms with E-state index in [-0.39, 0.29) is 54.1 Å². The minimum atomic E-state index is -4.72. The van der Waals surface area contributed by atoms with Gasteiger partial charge in [0, 0.05) is 12.1 Å². The molecule has 0 bridgehead atoms. The largest absolute Gasteiger partial charge is 0.493 e. The van der Waals surface area contributed by atoms with Crippen molar-refractivity contribution in [3.63, 3.8) is 0 Å². The van der Waals surface area contributed by atoms with E-state index in [2.05, 4.69) is 11.7 Å². The van der Waals surface area contributed by atoms with Crippen molar-refractivity contribution in [1.82, 2.24) is 0 Å². The lowest BCUT2D eigenvalue weighted by molar-refractivity contribution is -0.189. The van der Waals surface area contributed by atoms with Crippen LogP contribution in [0.5, 0.6) is 17.2 Å². The normalized spacial score (nSPS) is 17.0. The fourth-order valence-corrected chi connectivity index (χ4v) is 5.22. The van der Waals surface area contributed by atoms with Crippen molar-refractivity contribution in [1.29, 1.82) is 0 Å². The molecule has 1 aliphatic heterocycles. The molecule has 0 amide bonds. The molecule has 1 fully saturated rings. The first-order valence-corrected chi connectivity index (χ1v) is 14.7. The van der Waals surface area contributed by atoms with E-state index in [1.54, 1.807) is 12.1 Å². The van der Waals surface area contributed by atoms with E-state index >= 15 is 8.78 Å². The second-order valence-corrected chi connectivity index (χ2v) is 10.8. The quantitative estimate of drug-likeness (QED) is 0.139. The van der Waals surface area contributed by atoms with Gasteiger partial charge in [-0.2, -0.15) is 8.78 Å². The number of rotatable bonds is 13. The van der Waals surface area contributed by atoms with E-state index in [0.717, 1.165) is 31.2 Å². The molecule has 0 aromatic heterocycles. The van der Waals surface area contributed by atoms with Crippen molar-refractivity contribution in [3.8, 4) is 28.4 Å². The number of hydrogen-bond donors (Lipinski definition) is 0. The van der Waals surface area contributed by atoms with Crippen LogP contribution < -0.4 is 14.2 Å². The molecule has 3 aromatic carbocycles. The molecule has 0 N–H and O–H groups in total. The van der Waals surface area contributed by atoms with Gasteiger partial charge in [-0.05, 0) is 73.4 Å². The molecular formula is C33H35F7O4. The maximum atomic E-state index is 15.3. The van der Waals surface area contributed by atoms with Gasteiger partial charge in [0.1, 0.15) is 34.4 Å². The van der Waals surface area contributed by atoms with Crippen LogP contribution in [-0.2, 0) is 10.8 Å². The fraction of sp³-hybridized carbons (Fsp3) is 0.455. The zero-order valence-corrected chi connectivity index (χ0v) is 24.8. The number of hydrogen-bond acceptors (Lipinski definition) is 4. The summed E-state index contributed by atoms with van der Waals surface area (Å²) >= 11 is 0. The average molecular weight is 629 g/mol. The molecule has 0 spiro atoms. The molecule has 2 atom stereocenters. The average Bonchev–Trinajstić information content (AvgIpc) is 2.97. The van der Waals surface area contributed by atoms with E-state index < -0.39 is 46.5 Å². The van der Waals surface area contributed by atoms with Crippen LogP contribution in [0.4, 0.5) is 30.7 Å². The molecule has 4 rings (SSSR count). The molecule has 1 saturated heterocycles. The van der Waals surface area contributed by atoms with Crippen molar-refractivity contribution in [2.45, 2.75) is 71.5 Å². The lowest BCUT2D eigenvalue weighted by atomic mass is 9.90. The Morgan fingerprint density at radius 3 is 1.80 bits per heavy atom. The number of benzene rings is 3. The van der Waals surface area contributed by atoms with Crippen LogP contribution in [0.1, 0.15) is 76.5 Å². The standard InChI is InChI=1S/C33H35F7O4/c1-4-7-19-8-9-27(43-18-19)20-14-28(41-10-5-2)30(29(15-20)42-11-6-3)21-12-23(34)31(24(35)13-21)33(39,40)44-22-16-25(36)32(38)26(37)17-22/h12-17,19,27H,4-11,18H2,1-3H3/t19?,27-/m1/s1. The molecule has 240 valence electrons. The van der Waals surface area contributed by atoms with Gasteiger partial charge in [0.05, 0.1) is 31.5 Å². The first-order valence-electron chi connectivity index (χ1n) is 14.7. The highest BCUT2D eigenvalue weighted by atomic mass is 19.3. The molecule has 3 aromatic rings. The molecule has 0 radical (unpaired) electrons. The third kappa shape index (κ3) is 7.60. The lowest BCUT2D eigenvalue weighted by Crippen LogP contribution is -2.25. The van der Waals surface area contributed by atoms with Gasteiger partial charge in [0.15, 0.2) is 17.5 Å². The van der Waals surface area contributed by atoms with Crippen LogP contribution in [0.3, 0.4) is 0 Å². The zero-order chi connectivity index (χ0) is 32.0. The smallest absolute Gasteiger partial charge is 0.432 e. The van der Waals surface area contributed by atoms with Gasteiger partial charge in [-0.15, -0.1) is 0 Å². The summed E-state index contributed by atoms with van der Waals surface area (Å²) in [4.78, 5) is 0. The fourth-order valence-electron chi connectivity index (χ4n) is 5.22. The highest BCUT2D eigenvalue weighted by Crippen LogP contribution is 2.46. The third-order valence-electron chi connectivity index (χ3n) is 7.28. The van der Waals surface area contributed by atoms with Crippen LogP contribution in [0, 0.1) is 35.0 Å². The monoisotopic (exact) mass is 628 g/mol. The Morgan fingerprint density at radius 2 is 1.32 bits per heavy atom. The van der Waals surface area contributed by atoms with E-state index in [0.29, 0.717) is 37.5 Å². The first-order chi connectivity index (χ1) is 21.0. The molecule has 4 nitrogen and oxygen atoms in total. The van der Waals surface area contributed by atoms with Gasteiger partial charge in [0.25, 0.3) is 0 Å². The Labute approximate surface area is 252 Å². The molecule has 11 heteroatoms. The number of halogens is 7. The predicted octanol–water partition coefficient (Wildman–Crippen LogP) is 10.0. The summed E-state index contributed by atoms with van der Waals surface area (Å²) in [6, 6.07) is 5.09. The molecule has 0 aliphatic carbocycles. The van der Waals surface area contributed by atoms with Crippen molar-refractivity contribution in [2.75, 3.05) is 19.8 Å². The summed E-state index contributed by atoms with van der Waals surface area (Å²) in [6.07, 6.45) is 0.122. The van der Waals surface area contributed by atoms with Gasteiger partial charge in [-0.3, -0.25) is 0 Å². The SMILES string of the molecule is CCCOc1cc([C@H]2CCC(CCC)CO2)cc(OCCC)c1-c1cc(F)c(C(F)(F)Oc2cc(F)c(F)c(F)c2)c(F)c1. The van der Waals surface area contributed by atoms with Crippen LogP contribution in [0.25, 0.3) is 11.1 Å². The highest BCUT2D eigenvalue weighted by Gasteiger charge is 2.42. The Kier molecular flexibility index (Phi) is 11.0. The van der Waals surface area contributed by atoms with Crippen molar-refractivity contribution >= 4 is 0 Å². The lowest BCUT2D eigenvalue weighted by Gasteiger charge is -2.30. The Bertz CT molecular complexity index is 1360. The zero-order valence-electron chi connectivity index (χ0n) is 24.8. The maximum absolute atomic E-state index is 15.3. The Morgan fingerprint density at radius 1 is 0.750 bits per heavy atom. The van der Waals surface area contributed by atoms with Crippen molar-refractivity contribution in [3.05, 3.63) is 76.6 Å². The molecular weight excluding hydrogens is 593 g/mol.